The van der Waals surface area contributed by atoms with Crippen molar-refractivity contribution in [1.29, 1.82) is 0 Å². The van der Waals surface area contributed by atoms with Crippen LogP contribution in [0.25, 0.3) is 0 Å². The van der Waals surface area contributed by atoms with E-state index in [2.05, 4.69) is 5.32 Å². The van der Waals surface area contributed by atoms with Gasteiger partial charge in [0.15, 0.2) is 0 Å². The molecule has 0 aromatic heterocycles. The summed E-state index contributed by atoms with van der Waals surface area (Å²) >= 11 is 0. The van der Waals surface area contributed by atoms with E-state index in [1.54, 1.807) is 31.2 Å². The summed E-state index contributed by atoms with van der Waals surface area (Å²) in [6, 6.07) is 6.86. The first kappa shape index (κ1) is 15.5. The Morgan fingerprint density at radius 1 is 1.42 bits per heavy atom. The lowest BCUT2D eigenvalue weighted by Crippen LogP contribution is -2.37. The van der Waals surface area contributed by atoms with Crippen LogP contribution < -0.4 is 10.1 Å². The average Bonchev–Trinajstić information content (AvgIpc) is 2.34. The second kappa shape index (κ2) is 6.53. The van der Waals surface area contributed by atoms with Crippen molar-refractivity contribution >= 4 is 21.6 Å². The number of amides is 1. The molecule has 7 heteroatoms. The molecule has 106 valence electrons. The van der Waals surface area contributed by atoms with Gasteiger partial charge in [-0.05, 0) is 12.1 Å². The van der Waals surface area contributed by atoms with Crippen molar-refractivity contribution < 1.29 is 17.9 Å². The molecule has 0 aliphatic carbocycles. The number of nitrogens with one attached hydrogen (secondary N) is 1. The summed E-state index contributed by atoms with van der Waals surface area (Å²) in [7, 11) is -1.84. The largest absolute Gasteiger partial charge is 0.497 e. The Kier molecular flexibility index (Phi) is 5.31. The summed E-state index contributed by atoms with van der Waals surface area (Å²) in [6.07, 6.45) is 1.08. The van der Waals surface area contributed by atoms with E-state index in [0.29, 0.717) is 11.4 Å². The fourth-order valence-electron chi connectivity index (χ4n) is 1.53. The van der Waals surface area contributed by atoms with Gasteiger partial charge in [-0.1, -0.05) is 13.0 Å². The first-order chi connectivity index (χ1) is 8.86. The van der Waals surface area contributed by atoms with Crippen LogP contribution in [0.5, 0.6) is 5.75 Å². The SMILES string of the molecule is CCN(CC(=O)Nc1cccc(OC)c1)S(C)(=O)=O. The normalized spacial score (nSPS) is 11.4. The third-order valence-corrected chi connectivity index (χ3v) is 3.82. The maximum absolute atomic E-state index is 11.8. The predicted octanol–water partition coefficient (Wildman–Crippen LogP) is 0.915. The molecule has 0 saturated carbocycles. The molecule has 1 aromatic rings. The summed E-state index contributed by atoms with van der Waals surface area (Å²) in [6.45, 7) is 1.73. The van der Waals surface area contributed by atoms with Crippen LogP contribution >= 0.6 is 0 Å². The minimum absolute atomic E-state index is 0.202. The standard InChI is InChI=1S/C12H18N2O4S/c1-4-14(19(3,16)17)9-12(15)13-10-6-5-7-11(8-10)18-2/h5-8H,4,9H2,1-3H3,(H,13,15). The molecule has 19 heavy (non-hydrogen) atoms. The van der Waals surface area contributed by atoms with Gasteiger partial charge in [-0.2, -0.15) is 4.31 Å². The Balaban J connectivity index is 2.69. The monoisotopic (exact) mass is 286 g/mol. The number of ether oxygens (including phenoxy) is 1. The molecule has 1 aromatic carbocycles. The van der Waals surface area contributed by atoms with Gasteiger partial charge in [0.1, 0.15) is 5.75 Å². The molecular weight excluding hydrogens is 268 g/mol. The lowest BCUT2D eigenvalue weighted by Gasteiger charge is -2.17. The minimum Gasteiger partial charge on any atom is -0.497 e. The Morgan fingerprint density at radius 3 is 2.63 bits per heavy atom. The third-order valence-electron chi connectivity index (χ3n) is 2.50. The van der Waals surface area contributed by atoms with E-state index < -0.39 is 10.0 Å². The molecule has 1 rings (SSSR count). The van der Waals surface area contributed by atoms with Crippen LogP contribution in [0.15, 0.2) is 24.3 Å². The quantitative estimate of drug-likeness (QED) is 0.843. The number of hydrogen-bond donors (Lipinski definition) is 1. The molecular formula is C12H18N2O4S. The van der Waals surface area contributed by atoms with Crippen molar-refractivity contribution in [3.8, 4) is 5.75 Å². The number of sulfonamides is 1. The molecule has 0 unspecified atom stereocenters. The summed E-state index contributed by atoms with van der Waals surface area (Å²) in [5.41, 5.74) is 0.564. The van der Waals surface area contributed by atoms with Gasteiger partial charge in [-0.15, -0.1) is 0 Å². The fraction of sp³-hybridized carbons (Fsp3) is 0.417. The minimum atomic E-state index is -3.37. The number of carbonyl (C=O) groups excluding carboxylic acids is 1. The van der Waals surface area contributed by atoms with Crippen LogP contribution in [0.3, 0.4) is 0 Å². The molecule has 0 radical (unpaired) electrons. The zero-order valence-electron chi connectivity index (χ0n) is 11.2. The van der Waals surface area contributed by atoms with Gasteiger partial charge >= 0.3 is 0 Å². The van der Waals surface area contributed by atoms with Gasteiger partial charge in [0, 0.05) is 18.3 Å². The van der Waals surface area contributed by atoms with Crippen molar-refractivity contribution in [1.82, 2.24) is 4.31 Å². The zero-order valence-corrected chi connectivity index (χ0v) is 12.0. The lowest BCUT2D eigenvalue weighted by molar-refractivity contribution is -0.116. The van der Waals surface area contributed by atoms with Gasteiger partial charge < -0.3 is 10.1 Å². The lowest BCUT2D eigenvalue weighted by atomic mass is 10.3. The topological polar surface area (TPSA) is 75.7 Å². The van der Waals surface area contributed by atoms with Gasteiger partial charge in [-0.25, -0.2) is 8.42 Å². The van der Waals surface area contributed by atoms with Crippen LogP contribution in [-0.4, -0.2) is 45.1 Å². The number of nitrogens with zero attached hydrogens (tertiary/aromatic N) is 1. The molecule has 0 aliphatic heterocycles. The molecule has 0 heterocycles. The molecule has 0 spiro atoms. The smallest absolute Gasteiger partial charge is 0.239 e. The summed E-state index contributed by atoms with van der Waals surface area (Å²) in [5, 5.41) is 2.63. The second-order valence-corrected chi connectivity index (χ2v) is 5.95. The molecule has 1 amide bonds. The number of benzene rings is 1. The number of carbonyl (C=O) groups is 1. The highest BCUT2D eigenvalue weighted by molar-refractivity contribution is 7.88. The molecule has 0 atom stereocenters. The number of hydrogen-bond acceptors (Lipinski definition) is 4. The Labute approximate surface area is 113 Å². The number of anilines is 1. The van der Waals surface area contributed by atoms with Gasteiger partial charge in [0.2, 0.25) is 15.9 Å². The highest BCUT2D eigenvalue weighted by Crippen LogP contribution is 2.16. The first-order valence-corrected chi connectivity index (χ1v) is 7.60. The third kappa shape index (κ3) is 4.88. The number of likely N-dealkylation sites (N-methyl/N-ethyl adjacent to an activating group) is 1. The van der Waals surface area contributed by atoms with E-state index in [1.165, 1.54) is 7.11 Å². The Bertz CT molecular complexity index is 542. The van der Waals surface area contributed by atoms with E-state index in [4.69, 9.17) is 4.74 Å². The van der Waals surface area contributed by atoms with Crippen LogP contribution in [0, 0.1) is 0 Å². The highest BCUT2D eigenvalue weighted by Gasteiger charge is 2.18. The van der Waals surface area contributed by atoms with Gasteiger partial charge in [0.25, 0.3) is 0 Å². The van der Waals surface area contributed by atoms with Crippen molar-refractivity contribution in [2.75, 3.05) is 31.8 Å². The van der Waals surface area contributed by atoms with E-state index in [-0.39, 0.29) is 19.0 Å². The van der Waals surface area contributed by atoms with E-state index in [9.17, 15) is 13.2 Å². The van der Waals surface area contributed by atoms with Crippen LogP contribution in [0.4, 0.5) is 5.69 Å². The Morgan fingerprint density at radius 2 is 2.11 bits per heavy atom. The summed E-state index contributed by atoms with van der Waals surface area (Å²) < 4.78 is 28.9. The maximum atomic E-state index is 11.8. The van der Waals surface area contributed by atoms with E-state index >= 15 is 0 Å². The van der Waals surface area contributed by atoms with E-state index in [0.717, 1.165) is 10.6 Å². The first-order valence-electron chi connectivity index (χ1n) is 5.76. The fourth-order valence-corrected chi connectivity index (χ4v) is 2.35. The van der Waals surface area contributed by atoms with Crippen LogP contribution in [0.2, 0.25) is 0 Å². The van der Waals surface area contributed by atoms with Crippen molar-refractivity contribution in [2.45, 2.75) is 6.92 Å². The summed E-state index contributed by atoms with van der Waals surface area (Å²) in [5.74, 6) is 0.230. The number of rotatable bonds is 6. The molecule has 0 bridgehead atoms. The van der Waals surface area contributed by atoms with Crippen LogP contribution in [-0.2, 0) is 14.8 Å². The summed E-state index contributed by atoms with van der Waals surface area (Å²) in [4.78, 5) is 11.8. The predicted molar refractivity (Wildman–Crippen MR) is 73.7 cm³/mol. The van der Waals surface area contributed by atoms with E-state index in [1.807, 2.05) is 0 Å². The zero-order chi connectivity index (χ0) is 14.5. The molecule has 1 N–H and O–H groups in total. The van der Waals surface area contributed by atoms with Gasteiger partial charge in [-0.3, -0.25) is 4.79 Å². The maximum Gasteiger partial charge on any atom is 0.239 e. The van der Waals surface area contributed by atoms with Crippen LogP contribution in [0.1, 0.15) is 6.92 Å². The molecule has 0 saturated heterocycles. The van der Waals surface area contributed by atoms with Crippen molar-refractivity contribution in [3.63, 3.8) is 0 Å². The molecule has 0 fully saturated rings. The number of methoxy groups -OCH3 is 1. The van der Waals surface area contributed by atoms with Crippen molar-refractivity contribution in [3.05, 3.63) is 24.3 Å². The molecule has 0 aliphatic rings. The van der Waals surface area contributed by atoms with Crippen molar-refractivity contribution in [2.24, 2.45) is 0 Å². The second-order valence-electron chi connectivity index (χ2n) is 3.97. The van der Waals surface area contributed by atoms with Gasteiger partial charge in [0.05, 0.1) is 19.9 Å². The average molecular weight is 286 g/mol. The highest BCUT2D eigenvalue weighted by atomic mass is 32.2. The Hall–Kier alpha value is -1.60. The molecule has 6 nitrogen and oxygen atoms in total.